The molecule has 6 heteroatoms. The SMILES string of the molecule is C=CCN1CCNC(CC(=O)NCc2ccccc2)C1=O.Cl. The zero-order chi connectivity index (χ0) is 15.1. The molecule has 0 bridgehead atoms. The van der Waals surface area contributed by atoms with Gasteiger partial charge in [-0.25, -0.2) is 0 Å². The van der Waals surface area contributed by atoms with E-state index in [1.807, 2.05) is 30.3 Å². The third-order valence-corrected chi connectivity index (χ3v) is 3.45. The Labute approximate surface area is 137 Å². The average molecular weight is 324 g/mol. The van der Waals surface area contributed by atoms with E-state index in [4.69, 9.17) is 0 Å². The standard InChI is InChI=1S/C16H21N3O2.ClH/c1-2-9-19-10-8-17-14(16(19)21)11-15(20)18-12-13-6-4-3-5-7-13;/h2-7,14,17H,1,8-12H2,(H,18,20);1H. The van der Waals surface area contributed by atoms with E-state index >= 15 is 0 Å². The number of carbonyl (C=O) groups is 2. The molecule has 2 amide bonds. The summed E-state index contributed by atoms with van der Waals surface area (Å²) in [6.07, 6.45) is 1.87. The van der Waals surface area contributed by atoms with Crippen LogP contribution in [0.15, 0.2) is 43.0 Å². The van der Waals surface area contributed by atoms with Gasteiger partial charge in [0.15, 0.2) is 0 Å². The van der Waals surface area contributed by atoms with E-state index in [2.05, 4.69) is 17.2 Å². The van der Waals surface area contributed by atoms with Crippen molar-refractivity contribution in [3.63, 3.8) is 0 Å². The Morgan fingerprint density at radius 2 is 2.14 bits per heavy atom. The van der Waals surface area contributed by atoms with Gasteiger partial charge in [0.05, 0.1) is 12.5 Å². The van der Waals surface area contributed by atoms with E-state index in [1.165, 1.54) is 0 Å². The van der Waals surface area contributed by atoms with E-state index in [9.17, 15) is 9.59 Å². The van der Waals surface area contributed by atoms with Crippen LogP contribution in [0.2, 0.25) is 0 Å². The van der Waals surface area contributed by atoms with Crippen molar-refractivity contribution in [2.45, 2.75) is 19.0 Å². The molecule has 1 saturated heterocycles. The normalized spacial score (nSPS) is 17.5. The largest absolute Gasteiger partial charge is 0.352 e. The Balaban J connectivity index is 0.00000242. The van der Waals surface area contributed by atoms with Gasteiger partial charge in [-0.1, -0.05) is 36.4 Å². The van der Waals surface area contributed by atoms with Gasteiger partial charge in [0, 0.05) is 26.2 Å². The van der Waals surface area contributed by atoms with Gasteiger partial charge in [-0.15, -0.1) is 19.0 Å². The van der Waals surface area contributed by atoms with Crippen molar-refractivity contribution in [3.8, 4) is 0 Å². The Kier molecular flexibility index (Phi) is 7.63. The number of hydrogen-bond donors (Lipinski definition) is 2. The molecule has 0 radical (unpaired) electrons. The maximum Gasteiger partial charge on any atom is 0.240 e. The van der Waals surface area contributed by atoms with E-state index in [0.29, 0.717) is 26.2 Å². The van der Waals surface area contributed by atoms with Crippen LogP contribution in [0, 0.1) is 0 Å². The highest BCUT2D eigenvalue weighted by Gasteiger charge is 2.29. The maximum atomic E-state index is 12.2. The number of halogens is 1. The second-order valence-electron chi connectivity index (χ2n) is 5.05. The fraction of sp³-hybridized carbons (Fsp3) is 0.375. The molecule has 1 heterocycles. The smallest absolute Gasteiger partial charge is 0.240 e. The van der Waals surface area contributed by atoms with Crippen LogP contribution in [0.1, 0.15) is 12.0 Å². The number of nitrogens with zero attached hydrogens (tertiary/aromatic N) is 1. The highest BCUT2D eigenvalue weighted by atomic mass is 35.5. The topological polar surface area (TPSA) is 61.4 Å². The van der Waals surface area contributed by atoms with Gasteiger partial charge < -0.3 is 15.5 Å². The molecule has 0 aliphatic carbocycles. The Bertz CT molecular complexity index is 507. The molecule has 1 aromatic carbocycles. The molecular formula is C16H22ClN3O2. The molecule has 0 aromatic heterocycles. The van der Waals surface area contributed by atoms with Gasteiger partial charge in [-0.3, -0.25) is 9.59 Å². The molecule has 2 rings (SSSR count). The molecule has 22 heavy (non-hydrogen) atoms. The molecule has 1 aliphatic rings. The highest BCUT2D eigenvalue weighted by molar-refractivity contribution is 5.89. The van der Waals surface area contributed by atoms with E-state index in [-0.39, 0.29) is 30.6 Å². The minimum Gasteiger partial charge on any atom is -0.352 e. The highest BCUT2D eigenvalue weighted by Crippen LogP contribution is 2.05. The van der Waals surface area contributed by atoms with Crippen LogP contribution in [0.3, 0.4) is 0 Å². The van der Waals surface area contributed by atoms with Gasteiger partial charge in [0.1, 0.15) is 0 Å². The van der Waals surface area contributed by atoms with Crippen LogP contribution < -0.4 is 10.6 Å². The molecule has 1 aromatic rings. The van der Waals surface area contributed by atoms with Crippen LogP contribution in [0.4, 0.5) is 0 Å². The average Bonchev–Trinajstić information content (AvgIpc) is 2.50. The summed E-state index contributed by atoms with van der Waals surface area (Å²) in [6.45, 7) is 6.02. The van der Waals surface area contributed by atoms with Gasteiger partial charge in [0.2, 0.25) is 11.8 Å². The predicted octanol–water partition coefficient (Wildman–Crippen LogP) is 1.10. The van der Waals surface area contributed by atoms with Crippen molar-refractivity contribution < 1.29 is 9.59 Å². The van der Waals surface area contributed by atoms with Crippen molar-refractivity contribution >= 4 is 24.2 Å². The van der Waals surface area contributed by atoms with E-state index < -0.39 is 6.04 Å². The third-order valence-electron chi connectivity index (χ3n) is 3.45. The van der Waals surface area contributed by atoms with E-state index in [1.54, 1.807) is 11.0 Å². The lowest BCUT2D eigenvalue weighted by Crippen LogP contribution is -2.56. The Morgan fingerprint density at radius 3 is 2.82 bits per heavy atom. The van der Waals surface area contributed by atoms with Crippen LogP contribution in [0.25, 0.3) is 0 Å². The van der Waals surface area contributed by atoms with Crippen molar-refractivity contribution in [1.82, 2.24) is 15.5 Å². The molecule has 1 fully saturated rings. The molecule has 120 valence electrons. The predicted molar refractivity (Wildman–Crippen MR) is 88.7 cm³/mol. The fourth-order valence-corrected chi connectivity index (χ4v) is 2.34. The van der Waals surface area contributed by atoms with Gasteiger partial charge in [-0.2, -0.15) is 0 Å². The summed E-state index contributed by atoms with van der Waals surface area (Å²) in [6, 6.07) is 9.27. The summed E-state index contributed by atoms with van der Waals surface area (Å²) in [5.41, 5.74) is 1.04. The number of benzene rings is 1. The summed E-state index contributed by atoms with van der Waals surface area (Å²) >= 11 is 0. The first-order valence-electron chi connectivity index (χ1n) is 7.14. The molecule has 1 unspecified atom stereocenters. The quantitative estimate of drug-likeness (QED) is 0.771. The second kappa shape index (κ2) is 9.23. The summed E-state index contributed by atoms with van der Waals surface area (Å²) in [7, 11) is 0. The first-order valence-corrected chi connectivity index (χ1v) is 7.14. The second-order valence-corrected chi connectivity index (χ2v) is 5.05. The van der Waals surface area contributed by atoms with Crippen molar-refractivity contribution in [2.75, 3.05) is 19.6 Å². The van der Waals surface area contributed by atoms with Gasteiger partial charge in [0.25, 0.3) is 0 Å². The fourth-order valence-electron chi connectivity index (χ4n) is 2.34. The zero-order valence-corrected chi connectivity index (χ0v) is 13.3. The first-order chi connectivity index (χ1) is 10.2. The first kappa shape index (κ1) is 18.2. The van der Waals surface area contributed by atoms with Crippen LogP contribution in [-0.4, -0.2) is 42.4 Å². The number of hydrogen-bond acceptors (Lipinski definition) is 3. The molecule has 1 aliphatic heterocycles. The van der Waals surface area contributed by atoms with Gasteiger partial charge >= 0.3 is 0 Å². The minimum atomic E-state index is -0.436. The number of nitrogens with one attached hydrogen (secondary N) is 2. The summed E-state index contributed by atoms with van der Waals surface area (Å²) in [4.78, 5) is 25.8. The lowest BCUT2D eigenvalue weighted by Gasteiger charge is -2.32. The summed E-state index contributed by atoms with van der Waals surface area (Å²) in [5, 5.41) is 5.94. The lowest BCUT2D eigenvalue weighted by atomic mass is 10.1. The molecule has 1 atom stereocenters. The maximum absolute atomic E-state index is 12.2. The minimum absolute atomic E-state index is 0. The van der Waals surface area contributed by atoms with Crippen molar-refractivity contribution in [2.24, 2.45) is 0 Å². The van der Waals surface area contributed by atoms with Crippen LogP contribution in [-0.2, 0) is 16.1 Å². The van der Waals surface area contributed by atoms with E-state index in [0.717, 1.165) is 5.56 Å². The molecular weight excluding hydrogens is 302 g/mol. The van der Waals surface area contributed by atoms with Crippen molar-refractivity contribution in [3.05, 3.63) is 48.6 Å². The molecule has 0 saturated carbocycles. The number of carbonyl (C=O) groups excluding carboxylic acids is 2. The monoisotopic (exact) mass is 323 g/mol. The number of rotatable bonds is 6. The summed E-state index contributed by atoms with van der Waals surface area (Å²) in [5.74, 6) is -0.152. The molecule has 5 nitrogen and oxygen atoms in total. The molecule has 0 spiro atoms. The van der Waals surface area contributed by atoms with Gasteiger partial charge in [-0.05, 0) is 5.56 Å². The van der Waals surface area contributed by atoms with Crippen LogP contribution in [0.5, 0.6) is 0 Å². The third kappa shape index (κ3) is 5.16. The zero-order valence-electron chi connectivity index (χ0n) is 12.5. The molecule has 2 N–H and O–H groups in total. The Morgan fingerprint density at radius 1 is 1.41 bits per heavy atom. The number of amides is 2. The lowest BCUT2D eigenvalue weighted by molar-refractivity contribution is -0.137. The van der Waals surface area contributed by atoms with Crippen LogP contribution >= 0.6 is 12.4 Å². The number of piperazine rings is 1. The Hall–Kier alpha value is -1.85. The summed E-state index contributed by atoms with van der Waals surface area (Å²) < 4.78 is 0. The van der Waals surface area contributed by atoms with Crippen molar-refractivity contribution in [1.29, 1.82) is 0 Å².